The van der Waals surface area contributed by atoms with Gasteiger partial charge in [0.1, 0.15) is 10.5 Å². The molecule has 1 N–H and O–H groups in total. The number of aromatic nitrogens is 4. The minimum atomic E-state index is 0.522. The first-order valence-electron chi connectivity index (χ1n) is 6.09. The third-order valence-electron chi connectivity index (χ3n) is 2.95. The summed E-state index contributed by atoms with van der Waals surface area (Å²) in [5.74, 6) is 0.693. The molecule has 0 unspecified atom stereocenters. The number of nitrogens with zero attached hydrogens (tertiary/aromatic N) is 3. The van der Waals surface area contributed by atoms with Gasteiger partial charge in [0.05, 0.1) is 16.9 Å². The zero-order chi connectivity index (χ0) is 15.0. The minimum absolute atomic E-state index is 0.522. The Bertz CT molecular complexity index is 871. The Balaban J connectivity index is 2.13. The molecule has 0 aliphatic carbocycles. The van der Waals surface area contributed by atoms with Crippen molar-refractivity contribution in [1.29, 1.82) is 0 Å². The van der Waals surface area contributed by atoms with Crippen molar-refractivity contribution in [3.63, 3.8) is 0 Å². The average molecular weight is 382 g/mol. The van der Waals surface area contributed by atoms with Crippen LogP contribution in [0.4, 0.5) is 0 Å². The Morgan fingerprint density at radius 3 is 2.76 bits per heavy atom. The fourth-order valence-electron chi connectivity index (χ4n) is 1.95. The Kier molecular flexibility index (Phi) is 3.93. The van der Waals surface area contributed by atoms with Gasteiger partial charge < -0.3 is 4.98 Å². The average Bonchev–Trinajstić information content (AvgIpc) is 2.88. The number of rotatable bonds is 2. The summed E-state index contributed by atoms with van der Waals surface area (Å²) in [6.07, 6.45) is 3.70. The quantitative estimate of drug-likeness (QED) is 0.659. The van der Waals surface area contributed by atoms with E-state index in [0.717, 1.165) is 21.3 Å². The maximum Gasteiger partial charge on any atom is 0.139 e. The third-order valence-corrected chi connectivity index (χ3v) is 4.37. The lowest BCUT2D eigenvalue weighted by molar-refractivity contribution is 0.768. The molecule has 4 nitrogen and oxygen atoms in total. The summed E-state index contributed by atoms with van der Waals surface area (Å²) in [5, 5.41) is 4.82. The summed E-state index contributed by atoms with van der Waals surface area (Å²) >= 11 is 14.7. The van der Waals surface area contributed by atoms with Crippen molar-refractivity contribution in [2.45, 2.75) is 0 Å². The molecule has 3 aromatic rings. The number of nitrogens with one attached hydrogen (secondary N) is 1. The standard InChI is InChI=1S/C14H10BrClN4S/c1-20-7-9(6-17-20)12-5-13(21)19-14(18-12)8-2-3-11(16)10(15)4-8/h2-7H,1H3,(H,18,19,21). The van der Waals surface area contributed by atoms with E-state index in [0.29, 0.717) is 15.5 Å². The van der Waals surface area contributed by atoms with Crippen LogP contribution in [0.5, 0.6) is 0 Å². The molecule has 0 saturated heterocycles. The molecular formula is C14H10BrClN4S. The molecule has 7 heteroatoms. The van der Waals surface area contributed by atoms with E-state index in [4.69, 9.17) is 23.8 Å². The van der Waals surface area contributed by atoms with Crippen LogP contribution < -0.4 is 0 Å². The molecule has 2 heterocycles. The van der Waals surface area contributed by atoms with Gasteiger partial charge in [-0.25, -0.2) is 4.98 Å². The molecule has 0 radical (unpaired) electrons. The number of H-pyrrole nitrogens is 1. The van der Waals surface area contributed by atoms with Crippen LogP contribution in [-0.2, 0) is 7.05 Å². The summed E-state index contributed by atoms with van der Waals surface area (Å²) in [6.45, 7) is 0. The lowest BCUT2D eigenvalue weighted by Crippen LogP contribution is -1.92. The van der Waals surface area contributed by atoms with Crippen LogP contribution in [0.15, 0.2) is 41.1 Å². The second kappa shape index (κ2) is 5.71. The molecule has 0 bridgehead atoms. The van der Waals surface area contributed by atoms with E-state index in [1.54, 1.807) is 10.9 Å². The lowest BCUT2D eigenvalue weighted by atomic mass is 10.2. The second-order valence-electron chi connectivity index (χ2n) is 4.51. The van der Waals surface area contributed by atoms with Gasteiger partial charge >= 0.3 is 0 Å². The Morgan fingerprint density at radius 2 is 2.10 bits per heavy atom. The van der Waals surface area contributed by atoms with E-state index >= 15 is 0 Å². The van der Waals surface area contributed by atoms with Crippen LogP contribution in [0.1, 0.15) is 0 Å². The molecule has 3 rings (SSSR count). The van der Waals surface area contributed by atoms with Crippen molar-refractivity contribution in [3.05, 3.63) is 50.8 Å². The highest BCUT2D eigenvalue weighted by Crippen LogP contribution is 2.28. The normalized spacial score (nSPS) is 10.8. The van der Waals surface area contributed by atoms with Gasteiger partial charge in [-0.3, -0.25) is 4.68 Å². The van der Waals surface area contributed by atoms with Gasteiger partial charge in [0.15, 0.2) is 0 Å². The number of halogens is 2. The minimum Gasteiger partial charge on any atom is -0.339 e. The van der Waals surface area contributed by atoms with Crippen molar-refractivity contribution in [1.82, 2.24) is 19.7 Å². The first-order valence-corrected chi connectivity index (χ1v) is 7.66. The van der Waals surface area contributed by atoms with Gasteiger partial charge in [-0.1, -0.05) is 23.8 Å². The molecular weight excluding hydrogens is 372 g/mol. The van der Waals surface area contributed by atoms with Gasteiger partial charge in [0.2, 0.25) is 0 Å². The van der Waals surface area contributed by atoms with Crippen LogP contribution in [0, 0.1) is 4.64 Å². The highest BCUT2D eigenvalue weighted by molar-refractivity contribution is 9.10. The zero-order valence-electron chi connectivity index (χ0n) is 11.0. The third kappa shape index (κ3) is 3.07. The van der Waals surface area contributed by atoms with E-state index in [-0.39, 0.29) is 0 Å². The maximum atomic E-state index is 6.02. The fraction of sp³-hybridized carbons (Fsp3) is 0.0714. The molecule has 0 fully saturated rings. The number of hydrogen-bond acceptors (Lipinski definition) is 3. The molecule has 2 aromatic heterocycles. The summed E-state index contributed by atoms with van der Waals surface area (Å²) in [4.78, 5) is 7.66. The predicted octanol–water partition coefficient (Wildman–Crippen LogP) is 4.62. The van der Waals surface area contributed by atoms with E-state index < -0.39 is 0 Å². The SMILES string of the molecule is Cn1cc(-c2cc(=S)nc(-c3ccc(Cl)c(Br)c3)[nH]2)cn1. The summed E-state index contributed by atoms with van der Waals surface area (Å²) < 4.78 is 3.08. The molecule has 0 spiro atoms. The second-order valence-corrected chi connectivity index (χ2v) is 6.19. The fourth-order valence-corrected chi connectivity index (χ4v) is 2.66. The van der Waals surface area contributed by atoms with E-state index in [9.17, 15) is 0 Å². The van der Waals surface area contributed by atoms with Crippen LogP contribution >= 0.6 is 39.7 Å². The highest BCUT2D eigenvalue weighted by atomic mass is 79.9. The topological polar surface area (TPSA) is 46.5 Å². The number of hydrogen-bond donors (Lipinski definition) is 1. The van der Waals surface area contributed by atoms with Gasteiger partial charge in [0, 0.05) is 28.8 Å². The maximum absolute atomic E-state index is 6.02. The number of aromatic amines is 1. The molecule has 0 atom stereocenters. The number of benzene rings is 1. The summed E-state index contributed by atoms with van der Waals surface area (Å²) in [6, 6.07) is 7.44. The molecule has 0 aliphatic rings. The van der Waals surface area contributed by atoms with Crippen LogP contribution in [0.3, 0.4) is 0 Å². The zero-order valence-corrected chi connectivity index (χ0v) is 14.1. The number of aryl methyl sites for hydroxylation is 1. The largest absolute Gasteiger partial charge is 0.339 e. The Hall–Kier alpha value is -1.50. The van der Waals surface area contributed by atoms with E-state index in [2.05, 4.69) is 31.0 Å². The van der Waals surface area contributed by atoms with Crippen molar-refractivity contribution < 1.29 is 0 Å². The Morgan fingerprint density at radius 1 is 1.29 bits per heavy atom. The first kappa shape index (κ1) is 14.4. The molecule has 0 saturated carbocycles. The van der Waals surface area contributed by atoms with Crippen molar-refractivity contribution in [2.24, 2.45) is 7.05 Å². The van der Waals surface area contributed by atoms with Gasteiger partial charge in [-0.2, -0.15) is 5.10 Å². The Labute approximate surface area is 139 Å². The summed E-state index contributed by atoms with van der Waals surface area (Å²) in [7, 11) is 1.87. The lowest BCUT2D eigenvalue weighted by Gasteiger charge is -2.06. The van der Waals surface area contributed by atoms with E-state index in [1.807, 2.05) is 37.5 Å². The highest BCUT2D eigenvalue weighted by Gasteiger charge is 2.07. The molecule has 0 amide bonds. The predicted molar refractivity (Wildman–Crippen MR) is 89.8 cm³/mol. The molecule has 1 aromatic carbocycles. The van der Waals surface area contributed by atoms with Crippen LogP contribution in [0.2, 0.25) is 5.02 Å². The van der Waals surface area contributed by atoms with Crippen molar-refractivity contribution in [2.75, 3.05) is 0 Å². The van der Waals surface area contributed by atoms with Crippen molar-refractivity contribution in [3.8, 4) is 22.6 Å². The van der Waals surface area contributed by atoms with Crippen LogP contribution in [0.25, 0.3) is 22.6 Å². The first-order chi connectivity index (χ1) is 10.0. The smallest absolute Gasteiger partial charge is 0.139 e. The van der Waals surface area contributed by atoms with Gasteiger partial charge in [0.25, 0.3) is 0 Å². The van der Waals surface area contributed by atoms with Gasteiger partial charge in [-0.15, -0.1) is 0 Å². The molecule has 21 heavy (non-hydrogen) atoms. The van der Waals surface area contributed by atoms with Crippen molar-refractivity contribution >= 4 is 39.7 Å². The monoisotopic (exact) mass is 380 g/mol. The molecule has 0 aliphatic heterocycles. The summed E-state index contributed by atoms with van der Waals surface area (Å²) in [5.41, 5.74) is 2.74. The van der Waals surface area contributed by atoms with Gasteiger partial charge in [-0.05, 0) is 40.2 Å². The molecule has 106 valence electrons. The van der Waals surface area contributed by atoms with E-state index in [1.165, 1.54) is 0 Å². The van der Waals surface area contributed by atoms with Crippen LogP contribution in [-0.4, -0.2) is 19.7 Å².